The van der Waals surface area contributed by atoms with Gasteiger partial charge in [-0.05, 0) is 38.4 Å². The van der Waals surface area contributed by atoms with Crippen molar-refractivity contribution in [3.8, 4) is 0 Å². The second-order valence-electron chi connectivity index (χ2n) is 4.49. The summed E-state index contributed by atoms with van der Waals surface area (Å²) >= 11 is 0. The van der Waals surface area contributed by atoms with E-state index in [1.165, 1.54) is 6.42 Å². The molecule has 2 heterocycles. The van der Waals surface area contributed by atoms with Crippen LogP contribution < -0.4 is 10.6 Å². The molecule has 0 radical (unpaired) electrons. The molecule has 1 aliphatic rings. The van der Waals surface area contributed by atoms with E-state index in [9.17, 15) is 4.79 Å². The number of amides is 1. The summed E-state index contributed by atoms with van der Waals surface area (Å²) in [5, 5.41) is 6.25. The second-order valence-corrected chi connectivity index (χ2v) is 4.49. The van der Waals surface area contributed by atoms with Gasteiger partial charge in [0, 0.05) is 6.20 Å². The average molecular weight is 233 g/mol. The van der Waals surface area contributed by atoms with E-state index in [0.717, 1.165) is 25.1 Å². The van der Waals surface area contributed by atoms with Crippen molar-refractivity contribution < 1.29 is 4.79 Å². The molecule has 0 bridgehead atoms. The summed E-state index contributed by atoms with van der Waals surface area (Å²) < 4.78 is 0. The van der Waals surface area contributed by atoms with Gasteiger partial charge in [0.1, 0.15) is 0 Å². The molecule has 17 heavy (non-hydrogen) atoms. The number of hydrogen-bond donors (Lipinski definition) is 2. The van der Waals surface area contributed by atoms with Crippen LogP contribution in [0.2, 0.25) is 0 Å². The first-order chi connectivity index (χ1) is 8.27. The molecule has 1 unspecified atom stereocenters. The first-order valence-electron chi connectivity index (χ1n) is 6.22. The number of carbonyl (C=O) groups excluding carboxylic acids is 1. The van der Waals surface area contributed by atoms with Crippen molar-refractivity contribution in [2.75, 3.05) is 6.54 Å². The van der Waals surface area contributed by atoms with E-state index in [-0.39, 0.29) is 18.0 Å². The topological polar surface area (TPSA) is 54.0 Å². The maximum Gasteiger partial charge on any atom is 0.237 e. The molecule has 0 spiro atoms. The van der Waals surface area contributed by atoms with Crippen LogP contribution in [0.5, 0.6) is 0 Å². The number of hydrogen-bond acceptors (Lipinski definition) is 3. The largest absolute Gasteiger partial charge is 0.347 e. The van der Waals surface area contributed by atoms with E-state index in [4.69, 9.17) is 0 Å². The minimum Gasteiger partial charge on any atom is -0.347 e. The van der Waals surface area contributed by atoms with E-state index in [1.807, 2.05) is 25.1 Å². The first kappa shape index (κ1) is 12.0. The minimum absolute atomic E-state index is 0.0325. The van der Waals surface area contributed by atoms with Gasteiger partial charge in [0.15, 0.2) is 0 Å². The van der Waals surface area contributed by atoms with Crippen LogP contribution >= 0.6 is 0 Å². The van der Waals surface area contributed by atoms with Crippen LogP contribution in [-0.4, -0.2) is 23.5 Å². The normalized spacial score (nSPS) is 21.8. The molecular formula is C13H19N3O. The maximum absolute atomic E-state index is 12.0. The van der Waals surface area contributed by atoms with E-state index in [1.54, 1.807) is 6.20 Å². The molecule has 2 atom stereocenters. The summed E-state index contributed by atoms with van der Waals surface area (Å²) in [5.41, 5.74) is 0.900. The standard InChI is InChI=1S/C13H19N3O/c1-10(11-6-2-4-8-14-11)16-13(17)12-7-3-5-9-15-12/h2,4,6,8,10,12,15H,3,5,7,9H2,1H3,(H,16,17)/t10-,12?/m1/s1. The predicted molar refractivity (Wildman–Crippen MR) is 66.4 cm³/mol. The van der Waals surface area contributed by atoms with Gasteiger partial charge in [0.2, 0.25) is 5.91 Å². The van der Waals surface area contributed by atoms with Crippen molar-refractivity contribution >= 4 is 5.91 Å². The van der Waals surface area contributed by atoms with E-state index in [0.29, 0.717) is 0 Å². The van der Waals surface area contributed by atoms with Gasteiger partial charge in [-0.1, -0.05) is 12.5 Å². The van der Waals surface area contributed by atoms with Crippen LogP contribution in [0.1, 0.15) is 37.9 Å². The van der Waals surface area contributed by atoms with E-state index >= 15 is 0 Å². The highest BCUT2D eigenvalue weighted by Gasteiger charge is 2.22. The zero-order chi connectivity index (χ0) is 12.1. The lowest BCUT2D eigenvalue weighted by Crippen LogP contribution is -2.47. The van der Waals surface area contributed by atoms with Gasteiger partial charge < -0.3 is 10.6 Å². The second kappa shape index (κ2) is 5.77. The van der Waals surface area contributed by atoms with E-state index in [2.05, 4.69) is 15.6 Å². The number of rotatable bonds is 3. The van der Waals surface area contributed by atoms with Crippen molar-refractivity contribution in [2.45, 2.75) is 38.3 Å². The Hall–Kier alpha value is -1.42. The maximum atomic E-state index is 12.0. The molecular weight excluding hydrogens is 214 g/mol. The highest BCUT2D eigenvalue weighted by molar-refractivity contribution is 5.82. The fourth-order valence-electron chi connectivity index (χ4n) is 2.10. The molecule has 1 aromatic heterocycles. The number of nitrogens with one attached hydrogen (secondary N) is 2. The van der Waals surface area contributed by atoms with Crippen LogP contribution in [0, 0.1) is 0 Å². The molecule has 1 aliphatic heterocycles. The van der Waals surface area contributed by atoms with E-state index < -0.39 is 0 Å². The Labute approximate surface area is 102 Å². The van der Waals surface area contributed by atoms with Gasteiger partial charge in [0.05, 0.1) is 17.8 Å². The SMILES string of the molecule is C[C@@H](NC(=O)C1CCCCN1)c1ccccn1. The lowest BCUT2D eigenvalue weighted by molar-refractivity contribution is -0.124. The van der Waals surface area contributed by atoms with Crippen LogP contribution in [-0.2, 0) is 4.79 Å². The molecule has 2 rings (SSSR count). The molecule has 1 fully saturated rings. The van der Waals surface area contributed by atoms with Crippen LogP contribution in [0.25, 0.3) is 0 Å². The number of carbonyl (C=O) groups is 1. The summed E-state index contributed by atoms with van der Waals surface area (Å²) in [6.07, 6.45) is 4.97. The summed E-state index contributed by atoms with van der Waals surface area (Å²) in [7, 11) is 0. The lowest BCUT2D eigenvalue weighted by Gasteiger charge is -2.24. The smallest absolute Gasteiger partial charge is 0.237 e. The number of pyridine rings is 1. The van der Waals surface area contributed by atoms with Gasteiger partial charge in [-0.15, -0.1) is 0 Å². The Kier molecular flexibility index (Phi) is 4.09. The van der Waals surface area contributed by atoms with Crippen LogP contribution in [0.15, 0.2) is 24.4 Å². The number of aromatic nitrogens is 1. The highest BCUT2D eigenvalue weighted by atomic mass is 16.2. The van der Waals surface area contributed by atoms with Crippen molar-refractivity contribution in [3.63, 3.8) is 0 Å². The average Bonchev–Trinajstić information content (AvgIpc) is 2.40. The fourth-order valence-corrected chi connectivity index (χ4v) is 2.10. The Morgan fingerprint density at radius 2 is 2.41 bits per heavy atom. The minimum atomic E-state index is -0.0348. The van der Waals surface area contributed by atoms with Crippen molar-refractivity contribution in [3.05, 3.63) is 30.1 Å². The summed E-state index contributed by atoms with van der Waals surface area (Å²) in [6, 6.07) is 5.67. The lowest BCUT2D eigenvalue weighted by atomic mass is 10.0. The Balaban J connectivity index is 1.89. The quantitative estimate of drug-likeness (QED) is 0.829. The summed E-state index contributed by atoms with van der Waals surface area (Å²) in [5.74, 6) is 0.0860. The molecule has 4 nitrogen and oxygen atoms in total. The third kappa shape index (κ3) is 3.27. The molecule has 1 amide bonds. The molecule has 92 valence electrons. The van der Waals surface area contributed by atoms with Crippen LogP contribution in [0.4, 0.5) is 0 Å². The molecule has 4 heteroatoms. The summed E-state index contributed by atoms with van der Waals surface area (Å²) in [6.45, 7) is 2.90. The third-order valence-corrected chi connectivity index (χ3v) is 3.12. The first-order valence-corrected chi connectivity index (χ1v) is 6.22. The molecule has 1 saturated heterocycles. The predicted octanol–water partition coefficient (Wildman–Crippen LogP) is 1.40. The molecule has 0 saturated carbocycles. The van der Waals surface area contributed by atoms with Gasteiger partial charge >= 0.3 is 0 Å². The van der Waals surface area contributed by atoms with Crippen molar-refractivity contribution in [1.29, 1.82) is 0 Å². The molecule has 1 aromatic rings. The van der Waals surface area contributed by atoms with Gasteiger partial charge in [-0.2, -0.15) is 0 Å². The number of piperidine rings is 1. The molecule has 0 aromatic carbocycles. The number of nitrogens with zero attached hydrogens (tertiary/aromatic N) is 1. The summed E-state index contributed by atoms with van der Waals surface area (Å²) in [4.78, 5) is 16.2. The Morgan fingerprint density at radius 1 is 1.53 bits per heavy atom. The zero-order valence-electron chi connectivity index (χ0n) is 10.1. The fraction of sp³-hybridized carbons (Fsp3) is 0.538. The van der Waals surface area contributed by atoms with Crippen LogP contribution in [0.3, 0.4) is 0 Å². The van der Waals surface area contributed by atoms with Gasteiger partial charge in [0.25, 0.3) is 0 Å². The third-order valence-electron chi connectivity index (χ3n) is 3.12. The van der Waals surface area contributed by atoms with Gasteiger partial charge in [-0.3, -0.25) is 9.78 Å². The Morgan fingerprint density at radius 3 is 3.06 bits per heavy atom. The Bertz CT molecular complexity index is 360. The van der Waals surface area contributed by atoms with Gasteiger partial charge in [-0.25, -0.2) is 0 Å². The monoisotopic (exact) mass is 233 g/mol. The highest BCUT2D eigenvalue weighted by Crippen LogP contribution is 2.11. The molecule has 2 N–H and O–H groups in total. The zero-order valence-corrected chi connectivity index (χ0v) is 10.1. The van der Waals surface area contributed by atoms with Crippen molar-refractivity contribution in [1.82, 2.24) is 15.6 Å². The molecule has 0 aliphatic carbocycles. The van der Waals surface area contributed by atoms with Crippen molar-refractivity contribution in [2.24, 2.45) is 0 Å².